The molecule has 3 atom stereocenters. The second kappa shape index (κ2) is 9.50. The van der Waals surface area contributed by atoms with Gasteiger partial charge in [0.05, 0.1) is 18.4 Å². The summed E-state index contributed by atoms with van der Waals surface area (Å²) in [5.74, 6) is -0.499. The minimum Gasteiger partial charge on any atom is -0.484 e. The van der Waals surface area contributed by atoms with Crippen molar-refractivity contribution in [1.29, 1.82) is 0 Å². The van der Waals surface area contributed by atoms with Gasteiger partial charge >= 0.3 is 0 Å². The van der Waals surface area contributed by atoms with E-state index < -0.39 is 5.82 Å². The van der Waals surface area contributed by atoms with E-state index >= 15 is 0 Å². The summed E-state index contributed by atoms with van der Waals surface area (Å²) >= 11 is 5.65. The third-order valence-electron chi connectivity index (χ3n) is 6.97. The fourth-order valence-corrected chi connectivity index (χ4v) is 5.12. The van der Waals surface area contributed by atoms with Crippen molar-refractivity contribution in [2.45, 2.75) is 37.4 Å². The number of hydrogen-bond acceptors (Lipinski definition) is 6. The summed E-state index contributed by atoms with van der Waals surface area (Å²) in [4.78, 5) is 25.1. The summed E-state index contributed by atoms with van der Waals surface area (Å²) in [6, 6.07) is 11.7. The Hall–Kier alpha value is -2.72. The van der Waals surface area contributed by atoms with E-state index in [-0.39, 0.29) is 46.7 Å². The number of benzene rings is 2. The first-order chi connectivity index (χ1) is 16.4. The van der Waals surface area contributed by atoms with E-state index in [9.17, 15) is 14.0 Å². The molecule has 0 aromatic heterocycles. The van der Waals surface area contributed by atoms with Crippen LogP contribution in [0.4, 0.5) is 4.39 Å². The van der Waals surface area contributed by atoms with Gasteiger partial charge in [-0.2, -0.15) is 0 Å². The molecule has 34 heavy (non-hydrogen) atoms. The lowest BCUT2D eigenvalue weighted by Gasteiger charge is -2.63. The molecule has 2 aromatic carbocycles. The highest BCUT2D eigenvalue weighted by molar-refractivity contribution is 6.30. The molecule has 10 heteroatoms. The molecule has 0 spiro atoms. The van der Waals surface area contributed by atoms with Gasteiger partial charge in [0.15, 0.2) is 6.61 Å². The lowest BCUT2D eigenvalue weighted by atomic mass is 9.50. The van der Waals surface area contributed by atoms with Gasteiger partial charge in [-0.15, -0.1) is 0 Å². The van der Waals surface area contributed by atoms with Crippen LogP contribution in [0.15, 0.2) is 42.5 Å². The highest BCUT2D eigenvalue weighted by Gasteiger charge is 2.61. The summed E-state index contributed by atoms with van der Waals surface area (Å²) < 4.78 is 18.9. The first kappa shape index (κ1) is 23.0. The normalized spacial score (nSPS) is 25.6. The van der Waals surface area contributed by atoms with E-state index in [1.165, 1.54) is 12.1 Å². The number of amides is 2. The SMILES string of the molecule is O=C(COc1ccc(Cl)c(F)c1)NC1CC2(NC(=O)c3ccc(CN4CNCN4)cc3)CCC12. The van der Waals surface area contributed by atoms with Gasteiger partial charge in [0.1, 0.15) is 11.6 Å². The van der Waals surface area contributed by atoms with Crippen LogP contribution in [0, 0.1) is 11.7 Å². The number of carbonyl (C=O) groups excluding carboxylic acids is 2. The maximum Gasteiger partial charge on any atom is 0.258 e. The van der Waals surface area contributed by atoms with E-state index in [2.05, 4.69) is 26.4 Å². The molecule has 4 N–H and O–H groups in total. The molecule has 8 nitrogen and oxygen atoms in total. The number of carbonyl (C=O) groups is 2. The number of nitrogens with zero attached hydrogens (tertiary/aromatic N) is 1. The van der Waals surface area contributed by atoms with Crippen LogP contribution in [0.25, 0.3) is 0 Å². The molecule has 3 fully saturated rings. The number of ether oxygens (including phenoxy) is 1. The van der Waals surface area contributed by atoms with Crippen LogP contribution >= 0.6 is 11.6 Å². The fourth-order valence-electron chi connectivity index (χ4n) is 5.00. The Labute approximate surface area is 202 Å². The molecule has 3 unspecified atom stereocenters. The van der Waals surface area contributed by atoms with Crippen LogP contribution in [0.5, 0.6) is 5.75 Å². The number of fused-ring (bicyclic) bond motifs is 1. The van der Waals surface area contributed by atoms with Crippen molar-refractivity contribution in [2.24, 2.45) is 5.92 Å². The maximum atomic E-state index is 13.5. The molecule has 3 aliphatic rings. The van der Waals surface area contributed by atoms with Crippen molar-refractivity contribution in [3.05, 3.63) is 64.4 Å². The highest BCUT2D eigenvalue weighted by Crippen LogP contribution is 2.53. The number of nitrogens with one attached hydrogen (secondary N) is 4. The Morgan fingerprint density at radius 2 is 2.06 bits per heavy atom. The molecule has 0 bridgehead atoms. The average molecular weight is 488 g/mol. The van der Waals surface area contributed by atoms with Crippen molar-refractivity contribution in [2.75, 3.05) is 19.9 Å². The van der Waals surface area contributed by atoms with E-state index in [1.807, 2.05) is 24.3 Å². The highest BCUT2D eigenvalue weighted by atomic mass is 35.5. The molecule has 2 amide bonds. The molecule has 180 valence electrons. The molecular weight excluding hydrogens is 461 g/mol. The quantitative estimate of drug-likeness (QED) is 0.456. The molecule has 2 aromatic rings. The van der Waals surface area contributed by atoms with E-state index in [0.717, 1.165) is 44.4 Å². The van der Waals surface area contributed by atoms with Crippen molar-refractivity contribution in [3.8, 4) is 5.75 Å². The molecule has 1 aliphatic heterocycles. The molecule has 0 radical (unpaired) electrons. The Kier molecular flexibility index (Phi) is 6.44. The first-order valence-electron chi connectivity index (χ1n) is 11.4. The summed E-state index contributed by atoms with van der Waals surface area (Å²) in [5, 5.41) is 11.5. The van der Waals surface area contributed by atoms with Crippen LogP contribution < -0.4 is 26.1 Å². The van der Waals surface area contributed by atoms with Crippen LogP contribution in [0.2, 0.25) is 5.02 Å². The molecular formula is C24H27ClFN5O3. The van der Waals surface area contributed by atoms with Crippen LogP contribution in [0.1, 0.15) is 35.2 Å². The second-order valence-corrected chi connectivity index (χ2v) is 9.54. The number of rotatable bonds is 8. The zero-order valence-electron chi connectivity index (χ0n) is 18.6. The Balaban J connectivity index is 1.09. The molecule has 1 saturated heterocycles. The standard InChI is InChI=1S/C24H27ClFN5O3/c25-19-6-5-17(9-20(19)26)34-12-22(32)29-21-10-24(8-7-18(21)24)30-23(33)16-3-1-15(2-4-16)11-31-14-27-13-28-31/h1-6,9,18,21,27-28H,7-8,10-14H2,(H,29,32)(H,30,33). The third-order valence-corrected chi connectivity index (χ3v) is 7.28. The van der Waals surface area contributed by atoms with Crippen LogP contribution in [0.3, 0.4) is 0 Å². The molecule has 2 aliphatic carbocycles. The van der Waals surface area contributed by atoms with Crippen LogP contribution in [-0.4, -0.2) is 48.3 Å². The van der Waals surface area contributed by atoms with Crippen molar-refractivity contribution >= 4 is 23.4 Å². The van der Waals surface area contributed by atoms with Crippen LogP contribution in [-0.2, 0) is 11.3 Å². The van der Waals surface area contributed by atoms with E-state index in [1.54, 1.807) is 0 Å². The Morgan fingerprint density at radius 3 is 2.71 bits per heavy atom. The summed E-state index contributed by atoms with van der Waals surface area (Å²) in [6.07, 6.45) is 2.54. The van der Waals surface area contributed by atoms with Gasteiger partial charge in [-0.3, -0.25) is 14.9 Å². The Morgan fingerprint density at radius 1 is 1.24 bits per heavy atom. The Bertz CT molecular complexity index is 1080. The van der Waals surface area contributed by atoms with Gasteiger partial charge in [0.25, 0.3) is 11.8 Å². The van der Waals surface area contributed by atoms with E-state index in [0.29, 0.717) is 12.0 Å². The fraction of sp³-hybridized carbons (Fsp3) is 0.417. The van der Waals surface area contributed by atoms with Gasteiger partial charge in [-0.25, -0.2) is 14.8 Å². The molecule has 1 heterocycles. The van der Waals surface area contributed by atoms with Gasteiger partial charge in [0.2, 0.25) is 0 Å². The minimum absolute atomic E-state index is 0.00233. The zero-order chi connectivity index (χ0) is 23.7. The minimum atomic E-state index is -0.593. The second-order valence-electron chi connectivity index (χ2n) is 9.14. The summed E-state index contributed by atoms with van der Waals surface area (Å²) in [5.41, 5.74) is 4.73. The van der Waals surface area contributed by atoms with Gasteiger partial charge < -0.3 is 15.4 Å². The van der Waals surface area contributed by atoms with Gasteiger partial charge in [0, 0.05) is 35.7 Å². The monoisotopic (exact) mass is 487 g/mol. The van der Waals surface area contributed by atoms with Crippen molar-refractivity contribution in [1.82, 2.24) is 26.4 Å². The smallest absolute Gasteiger partial charge is 0.258 e. The maximum absolute atomic E-state index is 13.5. The molecule has 2 saturated carbocycles. The lowest BCUT2D eigenvalue weighted by Crippen LogP contribution is -2.75. The van der Waals surface area contributed by atoms with E-state index in [4.69, 9.17) is 16.3 Å². The summed E-state index contributed by atoms with van der Waals surface area (Å²) in [6.45, 7) is 2.11. The predicted octanol–water partition coefficient (Wildman–Crippen LogP) is 2.15. The summed E-state index contributed by atoms with van der Waals surface area (Å²) in [7, 11) is 0. The first-order valence-corrected chi connectivity index (χ1v) is 11.8. The number of hydrogen-bond donors (Lipinski definition) is 4. The average Bonchev–Trinajstić information content (AvgIpc) is 3.32. The molecule has 5 rings (SSSR count). The largest absolute Gasteiger partial charge is 0.484 e. The van der Waals surface area contributed by atoms with Crippen molar-refractivity contribution < 1.29 is 18.7 Å². The van der Waals surface area contributed by atoms with Gasteiger partial charge in [-0.05, 0) is 49.1 Å². The zero-order valence-corrected chi connectivity index (χ0v) is 19.3. The topological polar surface area (TPSA) is 94.7 Å². The van der Waals surface area contributed by atoms with Crippen molar-refractivity contribution in [3.63, 3.8) is 0 Å². The van der Waals surface area contributed by atoms with Gasteiger partial charge in [-0.1, -0.05) is 23.7 Å². The number of hydrazine groups is 1. The lowest BCUT2D eigenvalue weighted by molar-refractivity contribution is -0.129. The number of halogens is 2. The predicted molar refractivity (Wildman–Crippen MR) is 124 cm³/mol. The third kappa shape index (κ3) is 4.74.